The number of halogens is 2. The molecule has 1 aromatic rings. The number of hydrogen-bond donors (Lipinski definition) is 1. The van der Waals surface area contributed by atoms with E-state index in [9.17, 15) is 9.90 Å². The van der Waals surface area contributed by atoms with Crippen molar-refractivity contribution >= 4 is 29.1 Å². The van der Waals surface area contributed by atoms with E-state index >= 15 is 0 Å². The lowest BCUT2D eigenvalue weighted by atomic mass is 10.1. The molecule has 18 heavy (non-hydrogen) atoms. The van der Waals surface area contributed by atoms with Gasteiger partial charge in [-0.3, -0.25) is 4.79 Å². The molecule has 0 aromatic heterocycles. The molecule has 1 heterocycles. The summed E-state index contributed by atoms with van der Waals surface area (Å²) in [5.74, 6) is 0.00997. The summed E-state index contributed by atoms with van der Waals surface area (Å²) in [5, 5.41) is 10.3. The molecular weight excluding hydrogens is 273 g/mol. The number of aliphatic hydroxyl groups excluding tert-OH is 1. The quantitative estimate of drug-likeness (QED) is 0.928. The topological polar surface area (TPSA) is 40.5 Å². The lowest BCUT2D eigenvalue weighted by Gasteiger charge is -2.23. The van der Waals surface area contributed by atoms with Gasteiger partial charge in [-0.05, 0) is 30.5 Å². The maximum absolute atomic E-state index is 12.1. The van der Waals surface area contributed by atoms with Gasteiger partial charge in [-0.25, -0.2) is 0 Å². The summed E-state index contributed by atoms with van der Waals surface area (Å²) in [4.78, 5) is 13.9. The van der Waals surface area contributed by atoms with E-state index < -0.39 is 0 Å². The molecule has 0 spiro atoms. The van der Waals surface area contributed by atoms with Crippen LogP contribution >= 0.6 is 23.2 Å². The molecule has 1 atom stereocenters. The number of carbonyl (C=O) groups excluding carboxylic acids is 1. The van der Waals surface area contributed by atoms with Crippen LogP contribution in [0.25, 0.3) is 0 Å². The molecule has 0 saturated carbocycles. The van der Waals surface area contributed by atoms with E-state index in [0.717, 1.165) is 24.9 Å². The van der Waals surface area contributed by atoms with Crippen LogP contribution < -0.4 is 0 Å². The van der Waals surface area contributed by atoms with Gasteiger partial charge < -0.3 is 10.0 Å². The summed E-state index contributed by atoms with van der Waals surface area (Å²) < 4.78 is 0. The van der Waals surface area contributed by atoms with Crippen molar-refractivity contribution in [3.8, 4) is 0 Å². The average molecular weight is 288 g/mol. The Labute approximate surface area is 116 Å². The summed E-state index contributed by atoms with van der Waals surface area (Å²) in [6.45, 7) is 0.745. The minimum absolute atomic E-state index is 0.00997. The number of benzene rings is 1. The van der Waals surface area contributed by atoms with Gasteiger partial charge in [0.2, 0.25) is 5.91 Å². The summed E-state index contributed by atoms with van der Waals surface area (Å²) in [7, 11) is 0. The van der Waals surface area contributed by atoms with Gasteiger partial charge in [0.05, 0.1) is 19.1 Å². The monoisotopic (exact) mass is 287 g/mol. The maximum Gasteiger partial charge on any atom is 0.227 e. The third kappa shape index (κ3) is 2.97. The Balaban J connectivity index is 2.07. The maximum atomic E-state index is 12.1. The van der Waals surface area contributed by atoms with Gasteiger partial charge in [-0.2, -0.15) is 0 Å². The molecule has 1 fully saturated rings. The second-order valence-corrected chi connectivity index (χ2v) is 5.32. The van der Waals surface area contributed by atoms with Crippen molar-refractivity contribution in [1.82, 2.24) is 4.90 Å². The largest absolute Gasteiger partial charge is 0.394 e. The molecule has 1 unspecified atom stereocenters. The van der Waals surface area contributed by atoms with Crippen molar-refractivity contribution in [2.75, 3.05) is 13.2 Å². The highest BCUT2D eigenvalue weighted by Crippen LogP contribution is 2.23. The Bertz CT molecular complexity index is 451. The van der Waals surface area contributed by atoms with Crippen molar-refractivity contribution in [2.24, 2.45) is 0 Å². The Morgan fingerprint density at radius 1 is 1.44 bits per heavy atom. The Kier molecular flexibility index (Phi) is 4.49. The minimum atomic E-state index is -0.0384. The third-order valence-electron chi connectivity index (χ3n) is 3.27. The SMILES string of the molecule is O=C(Cc1ccc(Cl)cc1Cl)N1CCCC1CO. The van der Waals surface area contributed by atoms with Crippen LogP contribution in [0.3, 0.4) is 0 Å². The first-order chi connectivity index (χ1) is 8.61. The molecule has 1 N–H and O–H groups in total. The number of hydrogen-bond acceptors (Lipinski definition) is 2. The predicted octanol–water partition coefficient (Wildman–Crippen LogP) is 2.52. The number of amides is 1. The van der Waals surface area contributed by atoms with Gasteiger partial charge in [0.25, 0.3) is 0 Å². The molecular formula is C13H15Cl2NO2. The summed E-state index contributed by atoms with van der Waals surface area (Å²) >= 11 is 11.9. The normalized spacial score (nSPS) is 19.3. The standard InChI is InChI=1S/C13H15Cl2NO2/c14-10-4-3-9(12(15)7-10)6-13(18)16-5-1-2-11(16)8-17/h3-4,7,11,17H,1-2,5-6,8H2. The van der Waals surface area contributed by atoms with Crippen LogP contribution in [-0.2, 0) is 11.2 Å². The average Bonchev–Trinajstić information content (AvgIpc) is 2.81. The molecule has 1 saturated heterocycles. The van der Waals surface area contributed by atoms with Gasteiger partial charge in [-0.15, -0.1) is 0 Å². The van der Waals surface area contributed by atoms with E-state index in [2.05, 4.69) is 0 Å². The number of nitrogens with zero attached hydrogens (tertiary/aromatic N) is 1. The van der Waals surface area contributed by atoms with Crippen molar-refractivity contribution in [1.29, 1.82) is 0 Å². The zero-order valence-corrected chi connectivity index (χ0v) is 11.4. The van der Waals surface area contributed by atoms with Gasteiger partial charge in [0.1, 0.15) is 0 Å². The number of aliphatic hydroxyl groups is 1. The van der Waals surface area contributed by atoms with Crippen LogP contribution in [0.4, 0.5) is 0 Å². The van der Waals surface area contributed by atoms with Gasteiger partial charge in [-0.1, -0.05) is 29.3 Å². The third-order valence-corrected chi connectivity index (χ3v) is 3.85. The zero-order chi connectivity index (χ0) is 13.1. The van der Waals surface area contributed by atoms with E-state index in [1.807, 2.05) is 0 Å². The highest BCUT2D eigenvalue weighted by Gasteiger charge is 2.28. The predicted molar refractivity (Wildman–Crippen MR) is 72.0 cm³/mol. The van der Waals surface area contributed by atoms with Crippen molar-refractivity contribution in [3.63, 3.8) is 0 Å². The number of likely N-dealkylation sites (tertiary alicyclic amines) is 1. The molecule has 5 heteroatoms. The second kappa shape index (κ2) is 5.91. The molecule has 0 bridgehead atoms. The van der Waals surface area contributed by atoms with Crippen LogP contribution in [0.1, 0.15) is 18.4 Å². The lowest BCUT2D eigenvalue weighted by molar-refractivity contribution is -0.131. The fourth-order valence-corrected chi connectivity index (χ4v) is 2.76. The molecule has 1 amide bonds. The lowest BCUT2D eigenvalue weighted by Crippen LogP contribution is -2.38. The van der Waals surface area contributed by atoms with Gasteiger partial charge in [0, 0.05) is 16.6 Å². The Morgan fingerprint density at radius 2 is 2.22 bits per heavy atom. The molecule has 3 nitrogen and oxygen atoms in total. The molecule has 0 radical (unpaired) electrons. The van der Waals surface area contributed by atoms with Gasteiger partial charge >= 0.3 is 0 Å². The molecule has 0 aliphatic carbocycles. The minimum Gasteiger partial charge on any atom is -0.394 e. The number of rotatable bonds is 3. The number of carbonyl (C=O) groups is 1. The van der Waals surface area contributed by atoms with Crippen LogP contribution in [-0.4, -0.2) is 35.1 Å². The molecule has 98 valence electrons. The van der Waals surface area contributed by atoms with Gasteiger partial charge in [0.15, 0.2) is 0 Å². The van der Waals surface area contributed by atoms with Crippen molar-refractivity contribution < 1.29 is 9.90 Å². The fourth-order valence-electron chi connectivity index (χ4n) is 2.28. The Morgan fingerprint density at radius 3 is 2.89 bits per heavy atom. The first kappa shape index (κ1) is 13.7. The van der Waals surface area contributed by atoms with E-state index in [1.165, 1.54) is 0 Å². The molecule has 2 rings (SSSR count). The highest BCUT2D eigenvalue weighted by atomic mass is 35.5. The first-order valence-corrected chi connectivity index (χ1v) is 6.71. The summed E-state index contributed by atoms with van der Waals surface area (Å²) in [5.41, 5.74) is 0.773. The van der Waals surface area contributed by atoms with Crippen LogP contribution in [0, 0.1) is 0 Å². The van der Waals surface area contributed by atoms with Crippen LogP contribution in [0.15, 0.2) is 18.2 Å². The smallest absolute Gasteiger partial charge is 0.227 e. The van der Waals surface area contributed by atoms with Crippen LogP contribution in [0.5, 0.6) is 0 Å². The van der Waals surface area contributed by atoms with Crippen molar-refractivity contribution in [3.05, 3.63) is 33.8 Å². The van der Waals surface area contributed by atoms with E-state index in [1.54, 1.807) is 23.1 Å². The highest BCUT2D eigenvalue weighted by molar-refractivity contribution is 6.35. The van der Waals surface area contributed by atoms with Crippen LogP contribution in [0.2, 0.25) is 10.0 Å². The second-order valence-electron chi connectivity index (χ2n) is 4.48. The summed E-state index contributed by atoms with van der Waals surface area (Å²) in [6, 6.07) is 5.10. The Hall–Kier alpha value is -0.770. The summed E-state index contributed by atoms with van der Waals surface area (Å²) in [6.07, 6.45) is 2.08. The molecule has 1 aliphatic heterocycles. The fraction of sp³-hybridized carbons (Fsp3) is 0.462. The van der Waals surface area contributed by atoms with E-state index in [4.69, 9.17) is 23.2 Å². The zero-order valence-electron chi connectivity index (χ0n) is 9.90. The first-order valence-electron chi connectivity index (χ1n) is 5.96. The van der Waals surface area contributed by atoms with Crippen molar-refractivity contribution in [2.45, 2.75) is 25.3 Å². The van der Waals surface area contributed by atoms with E-state index in [-0.39, 0.29) is 25.0 Å². The van der Waals surface area contributed by atoms with E-state index in [0.29, 0.717) is 10.0 Å². The molecule has 1 aromatic carbocycles. The molecule has 1 aliphatic rings.